The highest BCUT2D eigenvalue weighted by atomic mass is 16.3. The molecule has 0 spiro atoms. The zero-order valence-corrected chi connectivity index (χ0v) is 13.8. The maximum atomic E-state index is 12.5. The molecule has 3 heterocycles. The van der Waals surface area contributed by atoms with Crippen molar-refractivity contribution in [3.8, 4) is 0 Å². The van der Waals surface area contributed by atoms with Gasteiger partial charge in [-0.2, -0.15) is 5.10 Å². The number of rotatable bonds is 6. The van der Waals surface area contributed by atoms with Crippen LogP contribution in [0.1, 0.15) is 36.7 Å². The minimum Gasteiger partial charge on any atom is -0.393 e. The van der Waals surface area contributed by atoms with Crippen molar-refractivity contribution in [3.63, 3.8) is 0 Å². The predicted octanol–water partition coefficient (Wildman–Crippen LogP) is 0.100. The van der Waals surface area contributed by atoms with Gasteiger partial charge in [0.25, 0.3) is 0 Å². The van der Waals surface area contributed by atoms with Crippen molar-refractivity contribution in [2.75, 3.05) is 13.2 Å². The fraction of sp³-hybridized carbons (Fsp3) is 0.562. The molecule has 0 saturated heterocycles. The lowest BCUT2D eigenvalue weighted by Crippen LogP contribution is -2.38. The van der Waals surface area contributed by atoms with Crippen LogP contribution < -0.4 is 0 Å². The Hall–Kier alpha value is -2.19. The summed E-state index contributed by atoms with van der Waals surface area (Å²) in [5.74, 6) is 1.09. The number of hydrogen-bond donors (Lipinski definition) is 2. The lowest BCUT2D eigenvalue weighted by Gasteiger charge is -2.27. The van der Waals surface area contributed by atoms with Crippen molar-refractivity contribution in [1.29, 1.82) is 0 Å². The molecule has 3 rings (SSSR count). The highest BCUT2D eigenvalue weighted by Gasteiger charge is 2.23. The Kier molecular flexibility index (Phi) is 4.96. The molecule has 0 unspecified atom stereocenters. The summed E-state index contributed by atoms with van der Waals surface area (Å²) in [4.78, 5) is 18.6. The van der Waals surface area contributed by atoms with Gasteiger partial charge in [0.15, 0.2) is 0 Å². The zero-order valence-electron chi connectivity index (χ0n) is 13.8. The molecule has 8 heteroatoms. The van der Waals surface area contributed by atoms with Gasteiger partial charge in [-0.3, -0.25) is 9.48 Å². The Morgan fingerprint density at radius 3 is 3.00 bits per heavy atom. The third kappa shape index (κ3) is 3.34. The third-order valence-electron chi connectivity index (χ3n) is 4.37. The van der Waals surface area contributed by atoms with Crippen molar-refractivity contribution < 1.29 is 15.0 Å². The quantitative estimate of drug-likeness (QED) is 0.782. The Labute approximate surface area is 140 Å². The first kappa shape index (κ1) is 16.7. The molecule has 0 bridgehead atoms. The number of aryl methyl sites for hydroxylation is 2. The number of nitrogens with zero attached hydrogens (tertiary/aromatic N) is 5. The normalized spacial score (nSPS) is 15.4. The summed E-state index contributed by atoms with van der Waals surface area (Å²) in [5.41, 5.74) is 1.33. The minimum atomic E-state index is -0.971. The number of aromatic nitrogens is 4. The van der Waals surface area contributed by atoms with E-state index in [0.717, 1.165) is 17.9 Å². The highest BCUT2D eigenvalue weighted by molar-refractivity contribution is 5.76. The molecule has 130 valence electrons. The molecule has 1 amide bonds. The Morgan fingerprint density at radius 2 is 2.25 bits per heavy atom. The Balaban J connectivity index is 1.60. The van der Waals surface area contributed by atoms with Crippen LogP contribution in [0.3, 0.4) is 0 Å². The van der Waals surface area contributed by atoms with Crippen LogP contribution in [0.2, 0.25) is 0 Å². The molecule has 8 nitrogen and oxygen atoms in total. The van der Waals surface area contributed by atoms with E-state index in [1.165, 1.54) is 0 Å². The van der Waals surface area contributed by atoms with Gasteiger partial charge in [0.2, 0.25) is 5.91 Å². The van der Waals surface area contributed by atoms with Gasteiger partial charge in [0.05, 0.1) is 31.1 Å². The molecular formula is C16H23N5O3. The molecule has 2 aromatic rings. The second kappa shape index (κ2) is 7.14. The van der Waals surface area contributed by atoms with Gasteiger partial charge in [-0.05, 0) is 6.07 Å². The van der Waals surface area contributed by atoms with Crippen LogP contribution in [-0.2, 0) is 30.8 Å². The summed E-state index contributed by atoms with van der Waals surface area (Å²) in [6, 6.07) is 1.76. The van der Waals surface area contributed by atoms with Gasteiger partial charge in [-0.25, -0.2) is 4.98 Å². The lowest BCUT2D eigenvalue weighted by molar-refractivity contribution is -0.132. The van der Waals surface area contributed by atoms with E-state index in [2.05, 4.69) is 10.1 Å². The summed E-state index contributed by atoms with van der Waals surface area (Å²) in [5, 5.41) is 23.0. The van der Waals surface area contributed by atoms with E-state index < -0.39 is 6.10 Å². The maximum Gasteiger partial charge on any atom is 0.224 e. The Morgan fingerprint density at radius 1 is 1.42 bits per heavy atom. The average molecular weight is 333 g/mol. The molecule has 0 saturated carbocycles. The first-order valence-corrected chi connectivity index (χ1v) is 8.25. The molecule has 2 N–H and O–H groups in total. The second-order valence-corrected chi connectivity index (χ2v) is 5.94. The van der Waals surface area contributed by atoms with E-state index in [9.17, 15) is 9.90 Å². The fourth-order valence-electron chi connectivity index (χ4n) is 2.99. The van der Waals surface area contributed by atoms with Crippen molar-refractivity contribution in [3.05, 3.63) is 35.7 Å². The minimum absolute atomic E-state index is 0.0995. The predicted molar refractivity (Wildman–Crippen MR) is 85.9 cm³/mol. The number of aliphatic hydroxyl groups is 2. The van der Waals surface area contributed by atoms with Crippen molar-refractivity contribution >= 4 is 5.91 Å². The van der Waals surface area contributed by atoms with E-state index in [0.29, 0.717) is 38.3 Å². The van der Waals surface area contributed by atoms with Crippen LogP contribution >= 0.6 is 0 Å². The molecule has 24 heavy (non-hydrogen) atoms. The van der Waals surface area contributed by atoms with Crippen LogP contribution in [0.4, 0.5) is 0 Å². The smallest absolute Gasteiger partial charge is 0.224 e. The lowest BCUT2D eigenvalue weighted by atomic mass is 10.2. The van der Waals surface area contributed by atoms with Crippen molar-refractivity contribution in [1.82, 2.24) is 24.2 Å². The number of amides is 1. The zero-order chi connectivity index (χ0) is 17.1. The summed E-state index contributed by atoms with van der Waals surface area (Å²) >= 11 is 0. The van der Waals surface area contributed by atoms with E-state index in [1.807, 2.05) is 22.6 Å². The second-order valence-electron chi connectivity index (χ2n) is 5.94. The Bertz CT molecular complexity index is 708. The molecule has 2 aromatic heterocycles. The van der Waals surface area contributed by atoms with Crippen LogP contribution in [0.15, 0.2) is 18.5 Å². The summed E-state index contributed by atoms with van der Waals surface area (Å²) in [7, 11) is 0. The van der Waals surface area contributed by atoms with Crippen LogP contribution in [0.25, 0.3) is 0 Å². The summed E-state index contributed by atoms with van der Waals surface area (Å²) in [6.07, 6.45) is 3.97. The maximum absolute atomic E-state index is 12.5. The molecule has 1 aliphatic rings. The number of hydrogen-bond acceptors (Lipinski definition) is 5. The third-order valence-corrected chi connectivity index (χ3v) is 4.37. The van der Waals surface area contributed by atoms with Gasteiger partial charge in [0.1, 0.15) is 11.9 Å². The van der Waals surface area contributed by atoms with Crippen LogP contribution in [0, 0.1) is 0 Å². The summed E-state index contributed by atoms with van der Waals surface area (Å²) < 4.78 is 3.81. The van der Waals surface area contributed by atoms with Gasteiger partial charge in [-0.15, -0.1) is 0 Å². The van der Waals surface area contributed by atoms with Crippen LogP contribution in [-0.4, -0.2) is 53.5 Å². The topological polar surface area (TPSA) is 96.4 Å². The molecule has 0 radical (unpaired) electrons. The van der Waals surface area contributed by atoms with E-state index in [-0.39, 0.29) is 12.5 Å². The molecule has 0 aromatic carbocycles. The van der Waals surface area contributed by atoms with Gasteiger partial charge in [0, 0.05) is 38.3 Å². The molecular weight excluding hydrogens is 310 g/mol. The van der Waals surface area contributed by atoms with Crippen LogP contribution in [0.5, 0.6) is 0 Å². The number of aliphatic hydroxyl groups excluding tert-OH is 2. The first-order chi connectivity index (χ1) is 11.6. The van der Waals surface area contributed by atoms with Gasteiger partial charge in [-0.1, -0.05) is 6.92 Å². The standard InChI is InChI=1S/C16H23N5O3/c1-2-15-17-4-6-19(15)5-3-16(24)20-7-8-21-12(10-20)9-13(18-21)14(23)11-22/h4,6,9,14,22-23H,2-3,5,7-8,10-11H2,1H3/t14-/m1/s1. The number of fused-ring (bicyclic) bond motifs is 1. The summed E-state index contributed by atoms with van der Waals surface area (Å²) in [6.45, 7) is 4.01. The largest absolute Gasteiger partial charge is 0.393 e. The van der Waals surface area contributed by atoms with Crippen molar-refractivity contribution in [2.24, 2.45) is 0 Å². The fourth-order valence-corrected chi connectivity index (χ4v) is 2.99. The molecule has 0 aliphatic carbocycles. The monoisotopic (exact) mass is 333 g/mol. The van der Waals surface area contributed by atoms with Crippen molar-refractivity contribution in [2.45, 2.75) is 45.5 Å². The SMILES string of the molecule is CCc1nccn1CCC(=O)N1CCn2nc([C@H](O)CO)cc2C1. The first-order valence-electron chi connectivity index (χ1n) is 8.25. The number of carbonyl (C=O) groups is 1. The molecule has 1 atom stereocenters. The number of imidazole rings is 1. The average Bonchev–Trinajstić information content (AvgIpc) is 3.24. The van der Waals surface area contributed by atoms with E-state index in [1.54, 1.807) is 16.9 Å². The molecule has 0 fully saturated rings. The van der Waals surface area contributed by atoms with Gasteiger partial charge < -0.3 is 19.7 Å². The molecule has 1 aliphatic heterocycles. The number of carbonyl (C=O) groups excluding carboxylic acids is 1. The highest BCUT2D eigenvalue weighted by Crippen LogP contribution is 2.18. The van der Waals surface area contributed by atoms with E-state index >= 15 is 0 Å². The van der Waals surface area contributed by atoms with E-state index in [4.69, 9.17) is 5.11 Å². The van der Waals surface area contributed by atoms with Gasteiger partial charge >= 0.3 is 0 Å².